The number of rotatable bonds is 3. The molecule has 1 N–H and O–H groups in total. The second kappa shape index (κ2) is 5.68. The van der Waals surface area contributed by atoms with E-state index in [-0.39, 0.29) is 5.56 Å². The lowest BCUT2D eigenvalue weighted by molar-refractivity contribution is 0.623. The summed E-state index contributed by atoms with van der Waals surface area (Å²) in [6.45, 7) is 0.318. The molecular weight excluding hydrogens is 270 g/mol. The van der Waals surface area contributed by atoms with Gasteiger partial charge in [0.1, 0.15) is 17.7 Å². The number of benzene rings is 2. The minimum absolute atomic E-state index is 0.0235. The molecule has 2 nitrogen and oxygen atoms in total. The van der Waals surface area contributed by atoms with Gasteiger partial charge in [0.25, 0.3) is 0 Å². The lowest BCUT2D eigenvalue weighted by atomic mass is 10.1. The molecule has 2 aromatic carbocycles. The fourth-order valence-electron chi connectivity index (χ4n) is 1.60. The Morgan fingerprint density at radius 1 is 1.16 bits per heavy atom. The van der Waals surface area contributed by atoms with Gasteiger partial charge in [-0.1, -0.05) is 17.7 Å². The Morgan fingerprint density at radius 3 is 2.68 bits per heavy atom. The van der Waals surface area contributed by atoms with Crippen LogP contribution in [0.3, 0.4) is 0 Å². The number of hydrogen-bond donors (Lipinski definition) is 1. The smallest absolute Gasteiger partial charge is 0.140 e. The first-order valence-electron chi connectivity index (χ1n) is 5.47. The molecule has 0 bridgehead atoms. The molecule has 5 heteroatoms. The largest absolute Gasteiger partial charge is 0.380 e. The summed E-state index contributed by atoms with van der Waals surface area (Å²) in [6, 6.07) is 9.97. The van der Waals surface area contributed by atoms with Crippen molar-refractivity contribution in [2.75, 3.05) is 5.32 Å². The van der Waals surface area contributed by atoms with Gasteiger partial charge in [-0.05, 0) is 35.9 Å². The summed E-state index contributed by atoms with van der Waals surface area (Å²) < 4.78 is 26.2. The molecule has 0 saturated heterocycles. The second-order valence-electron chi connectivity index (χ2n) is 3.90. The molecule has 0 spiro atoms. The van der Waals surface area contributed by atoms with E-state index in [0.717, 1.165) is 0 Å². The lowest BCUT2D eigenvalue weighted by Gasteiger charge is -2.09. The third-order valence-electron chi connectivity index (χ3n) is 2.56. The number of halogens is 3. The summed E-state index contributed by atoms with van der Waals surface area (Å²) in [5, 5.41) is 12.1. The van der Waals surface area contributed by atoms with Gasteiger partial charge in [0, 0.05) is 6.54 Å². The first-order chi connectivity index (χ1) is 9.10. The van der Waals surface area contributed by atoms with Crippen LogP contribution in [-0.4, -0.2) is 0 Å². The van der Waals surface area contributed by atoms with Crippen LogP contribution in [0.2, 0.25) is 5.02 Å². The number of nitrogens with zero attached hydrogens (tertiary/aromatic N) is 1. The molecular formula is C14H9ClF2N2. The molecule has 0 unspecified atom stereocenters. The van der Waals surface area contributed by atoms with E-state index in [1.165, 1.54) is 30.3 Å². The van der Waals surface area contributed by atoms with Crippen molar-refractivity contribution in [3.63, 3.8) is 0 Å². The average molecular weight is 279 g/mol. The van der Waals surface area contributed by atoms with Crippen molar-refractivity contribution in [3.05, 3.63) is 64.2 Å². The zero-order chi connectivity index (χ0) is 13.8. The van der Waals surface area contributed by atoms with E-state index in [1.54, 1.807) is 12.1 Å². The fourth-order valence-corrected chi connectivity index (χ4v) is 1.78. The Morgan fingerprint density at radius 2 is 1.95 bits per heavy atom. The molecule has 0 aromatic heterocycles. The topological polar surface area (TPSA) is 35.8 Å². The average Bonchev–Trinajstić information content (AvgIpc) is 2.41. The summed E-state index contributed by atoms with van der Waals surface area (Å²) in [5.41, 5.74) is 1.13. The molecule has 0 fully saturated rings. The first-order valence-corrected chi connectivity index (χ1v) is 5.85. The van der Waals surface area contributed by atoms with Gasteiger partial charge in [-0.15, -0.1) is 0 Å². The van der Waals surface area contributed by atoms with Gasteiger partial charge in [-0.2, -0.15) is 5.26 Å². The summed E-state index contributed by atoms with van der Waals surface area (Å²) in [4.78, 5) is 0. The Hall–Kier alpha value is -2.12. The highest BCUT2D eigenvalue weighted by Gasteiger charge is 2.05. The van der Waals surface area contributed by atoms with Gasteiger partial charge in [0.15, 0.2) is 0 Å². The summed E-state index contributed by atoms with van der Waals surface area (Å²) >= 11 is 5.90. The van der Waals surface area contributed by atoms with Crippen LogP contribution in [0.4, 0.5) is 14.5 Å². The molecule has 0 aliphatic heterocycles. The van der Waals surface area contributed by atoms with Crippen LogP contribution in [0, 0.1) is 23.0 Å². The predicted octanol–water partition coefficient (Wildman–Crippen LogP) is 4.10. The molecule has 2 aromatic rings. The number of nitrogens with one attached hydrogen (secondary N) is 1. The van der Waals surface area contributed by atoms with Crippen LogP contribution in [0.15, 0.2) is 36.4 Å². The molecule has 96 valence electrons. The van der Waals surface area contributed by atoms with Crippen molar-refractivity contribution in [1.82, 2.24) is 0 Å². The lowest BCUT2D eigenvalue weighted by Crippen LogP contribution is -2.01. The molecule has 0 amide bonds. The van der Waals surface area contributed by atoms with Gasteiger partial charge in [0.2, 0.25) is 0 Å². The minimum Gasteiger partial charge on any atom is -0.380 e. The van der Waals surface area contributed by atoms with Crippen LogP contribution in [0.1, 0.15) is 11.1 Å². The molecule has 19 heavy (non-hydrogen) atoms. The van der Waals surface area contributed by atoms with Crippen molar-refractivity contribution in [2.24, 2.45) is 0 Å². The summed E-state index contributed by atoms with van der Waals surface area (Å²) in [6.07, 6.45) is 0. The van der Waals surface area contributed by atoms with Crippen LogP contribution < -0.4 is 5.32 Å². The standard InChI is InChI=1S/C14H9ClF2N2/c15-12-3-2-11(16)6-14(12)19-8-9-1-4-13(17)10(5-9)7-18/h1-6,19H,8H2. The van der Waals surface area contributed by atoms with E-state index in [4.69, 9.17) is 16.9 Å². The van der Waals surface area contributed by atoms with Crippen LogP contribution in [-0.2, 0) is 6.54 Å². The van der Waals surface area contributed by atoms with E-state index in [2.05, 4.69) is 5.32 Å². The highest BCUT2D eigenvalue weighted by atomic mass is 35.5. The summed E-state index contributed by atoms with van der Waals surface area (Å²) in [7, 11) is 0. The van der Waals surface area contributed by atoms with E-state index in [1.807, 2.05) is 0 Å². The minimum atomic E-state index is -0.560. The Labute approximate surface area is 114 Å². The van der Waals surface area contributed by atoms with Crippen molar-refractivity contribution in [3.8, 4) is 6.07 Å². The van der Waals surface area contributed by atoms with Gasteiger partial charge in [-0.25, -0.2) is 8.78 Å². The zero-order valence-electron chi connectivity index (χ0n) is 9.75. The maximum Gasteiger partial charge on any atom is 0.140 e. The Bertz CT molecular complexity index is 650. The quantitative estimate of drug-likeness (QED) is 0.917. The van der Waals surface area contributed by atoms with Gasteiger partial charge in [0.05, 0.1) is 16.3 Å². The number of nitriles is 1. The number of anilines is 1. The molecule has 0 heterocycles. The monoisotopic (exact) mass is 278 g/mol. The Balaban J connectivity index is 2.15. The van der Waals surface area contributed by atoms with E-state index in [0.29, 0.717) is 22.8 Å². The second-order valence-corrected chi connectivity index (χ2v) is 4.31. The number of hydrogen-bond acceptors (Lipinski definition) is 2. The molecule has 0 radical (unpaired) electrons. The predicted molar refractivity (Wildman–Crippen MR) is 69.9 cm³/mol. The van der Waals surface area contributed by atoms with Crippen LogP contribution in [0.5, 0.6) is 0 Å². The third-order valence-corrected chi connectivity index (χ3v) is 2.89. The first kappa shape index (κ1) is 13.3. The van der Waals surface area contributed by atoms with E-state index >= 15 is 0 Å². The molecule has 0 saturated carbocycles. The van der Waals surface area contributed by atoms with Gasteiger partial charge >= 0.3 is 0 Å². The highest BCUT2D eigenvalue weighted by molar-refractivity contribution is 6.33. The van der Waals surface area contributed by atoms with Crippen molar-refractivity contribution in [1.29, 1.82) is 5.26 Å². The van der Waals surface area contributed by atoms with Crippen LogP contribution >= 0.6 is 11.6 Å². The zero-order valence-corrected chi connectivity index (χ0v) is 10.5. The van der Waals surface area contributed by atoms with Crippen molar-refractivity contribution < 1.29 is 8.78 Å². The fraction of sp³-hybridized carbons (Fsp3) is 0.0714. The molecule has 0 aliphatic carbocycles. The highest BCUT2D eigenvalue weighted by Crippen LogP contribution is 2.23. The third kappa shape index (κ3) is 3.21. The van der Waals surface area contributed by atoms with Crippen molar-refractivity contribution in [2.45, 2.75) is 6.54 Å². The maximum atomic E-state index is 13.1. The van der Waals surface area contributed by atoms with Gasteiger partial charge < -0.3 is 5.32 Å². The molecule has 2 rings (SSSR count). The van der Waals surface area contributed by atoms with Crippen molar-refractivity contribution >= 4 is 17.3 Å². The van der Waals surface area contributed by atoms with E-state index < -0.39 is 11.6 Å². The van der Waals surface area contributed by atoms with Crippen LogP contribution in [0.25, 0.3) is 0 Å². The SMILES string of the molecule is N#Cc1cc(CNc2cc(F)ccc2Cl)ccc1F. The molecule has 0 atom stereocenters. The molecule has 0 aliphatic rings. The summed E-state index contributed by atoms with van der Waals surface area (Å²) in [5.74, 6) is -0.959. The van der Waals surface area contributed by atoms with Gasteiger partial charge in [-0.3, -0.25) is 0 Å². The van der Waals surface area contributed by atoms with E-state index in [9.17, 15) is 8.78 Å². The Kier molecular flexibility index (Phi) is 3.98. The normalized spacial score (nSPS) is 10.0. The maximum absolute atomic E-state index is 13.1.